The van der Waals surface area contributed by atoms with E-state index in [9.17, 15) is 0 Å². The number of anilines is 2. The predicted molar refractivity (Wildman–Crippen MR) is 229 cm³/mol. The van der Waals surface area contributed by atoms with E-state index in [0.29, 0.717) is 0 Å². The fourth-order valence-corrected chi connectivity index (χ4v) is 7.91. The van der Waals surface area contributed by atoms with Gasteiger partial charge in [-0.2, -0.15) is 0 Å². The van der Waals surface area contributed by atoms with Gasteiger partial charge in [0.2, 0.25) is 0 Å². The highest BCUT2D eigenvalue weighted by molar-refractivity contribution is 8.76. The molecule has 2 aromatic carbocycles. The van der Waals surface area contributed by atoms with E-state index in [2.05, 4.69) is 187 Å². The van der Waals surface area contributed by atoms with Crippen LogP contribution in [0.1, 0.15) is 48.9 Å². The van der Waals surface area contributed by atoms with Crippen LogP contribution in [-0.2, 0) is 13.1 Å². The van der Waals surface area contributed by atoms with Crippen molar-refractivity contribution in [1.82, 2.24) is 14.4 Å². The Labute approximate surface area is 317 Å². The topological polar surface area (TPSA) is 21.8 Å². The van der Waals surface area contributed by atoms with Gasteiger partial charge in [0, 0.05) is 94.2 Å². The highest BCUT2D eigenvalue weighted by Gasteiger charge is 2.06. The summed E-state index contributed by atoms with van der Waals surface area (Å²) in [5.41, 5.74) is 7.48. The number of aromatic nitrogens is 2. The molecule has 0 bridgehead atoms. The van der Waals surface area contributed by atoms with Gasteiger partial charge in [-0.1, -0.05) is 70.2 Å². The minimum absolute atomic E-state index is 0.999. The predicted octanol–water partition coefficient (Wildman–Crippen LogP) is 8.75. The van der Waals surface area contributed by atoms with E-state index in [1.54, 1.807) is 0 Å². The lowest BCUT2D eigenvalue weighted by molar-refractivity contribution is -0.693. The zero-order chi connectivity index (χ0) is 36.3. The Morgan fingerprint density at radius 1 is 0.549 bits per heavy atom. The Balaban J connectivity index is 0.995. The minimum Gasteiger partial charge on any atom is -0.375 e. The van der Waals surface area contributed by atoms with Gasteiger partial charge >= 0.3 is 0 Å². The third-order valence-electron chi connectivity index (χ3n) is 9.29. The highest BCUT2D eigenvalue weighted by Crippen LogP contribution is 2.21. The monoisotopic (exact) mass is 725 g/mol. The first-order valence-electron chi connectivity index (χ1n) is 18.6. The molecule has 0 aliphatic heterocycles. The fraction of sp³-hybridized carbons (Fsp3) is 0.419. The molecule has 0 saturated heterocycles. The maximum absolute atomic E-state index is 2.47. The molecule has 4 rings (SSSR count). The van der Waals surface area contributed by atoms with E-state index in [4.69, 9.17) is 0 Å². The molecule has 0 atom stereocenters. The van der Waals surface area contributed by atoms with Crippen molar-refractivity contribution in [3.8, 4) is 0 Å². The quantitative estimate of drug-likeness (QED) is 0.0431. The lowest BCUT2D eigenvalue weighted by atomic mass is 10.1. The highest BCUT2D eigenvalue weighted by atomic mass is 33.1. The van der Waals surface area contributed by atoms with Crippen LogP contribution < -0.4 is 14.4 Å². The summed E-state index contributed by atoms with van der Waals surface area (Å²) in [6, 6.07) is 24.3. The molecule has 0 amide bonds. The molecule has 0 spiro atoms. The van der Waals surface area contributed by atoms with E-state index in [0.717, 1.165) is 65.2 Å². The zero-order valence-electron chi connectivity index (χ0n) is 32.0. The van der Waals surface area contributed by atoms with Crippen LogP contribution in [0.25, 0.3) is 24.3 Å². The summed E-state index contributed by atoms with van der Waals surface area (Å²) in [6.07, 6.45) is 19.6. The van der Waals surface area contributed by atoms with Gasteiger partial charge in [-0.3, -0.25) is 0 Å². The summed E-state index contributed by atoms with van der Waals surface area (Å²) in [7, 11) is 12.9. The molecule has 0 saturated carbocycles. The fourth-order valence-electron chi connectivity index (χ4n) is 5.75. The SMILES string of the molecule is CCn1ccc(/C=C/c2ccc(N(C)CCCN(C)CCSSCCN(C)CCCN(C)c3ccc(/C=C/c4cc[n+](CC)cc4)cc3)cc2)c1. The molecule has 2 aromatic heterocycles. The number of pyridine rings is 1. The summed E-state index contributed by atoms with van der Waals surface area (Å²) in [6.45, 7) is 13.0. The van der Waals surface area contributed by atoms with Gasteiger partial charge in [-0.05, 0) is 106 Å². The second-order valence-corrected chi connectivity index (χ2v) is 16.1. The van der Waals surface area contributed by atoms with Crippen LogP contribution in [0.5, 0.6) is 0 Å². The van der Waals surface area contributed by atoms with Gasteiger partial charge in [0.05, 0.1) is 0 Å². The largest absolute Gasteiger partial charge is 0.375 e. The van der Waals surface area contributed by atoms with Gasteiger partial charge in [-0.15, -0.1) is 0 Å². The molecule has 6 nitrogen and oxygen atoms in total. The molecule has 0 unspecified atom stereocenters. The molecule has 274 valence electrons. The molecular weight excluding hydrogens is 665 g/mol. The zero-order valence-corrected chi connectivity index (χ0v) is 33.6. The van der Waals surface area contributed by atoms with E-state index in [-0.39, 0.29) is 0 Å². The second-order valence-electron chi connectivity index (χ2n) is 13.4. The second kappa shape index (κ2) is 22.5. The number of rotatable bonds is 23. The third-order valence-corrected chi connectivity index (χ3v) is 11.7. The molecule has 0 aliphatic rings. The Morgan fingerprint density at radius 3 is 1.43 bits per heavy atom. The van der Waals surface area contributed by atoms with Gasteiger partial charge in [0.1, 0.15) is 6.54 Å². The molecular formula is C43H61N6S2+. The minimum atomic E-state index is 0.999. The Hall–Kier alpha value is -3.43. The van der Waals surface area contributed by atoms with Crippen LogP contribution in [0.15, 0.2) is 91.5 Å². The lowest BCUT2D eigenvalue weighted by Crippen LogP contribution is -2.30. The standard InChI is InChI=1S/C43H61N6S2/c1-7-48-30-23-40(24-31-48)12-11-38-15-19-42(20-16-38)46(5)28-9-26-44(3)33-35-50-51-36-34-45(4)27-10-29-47(6)43-21-17-39(18-22-43)13-14-41-25-32-49(8-2)37-41/h11-25,30-32,37H,7-10,26-29,33-36H2,1-6H3/q+1/b14-13+. The van der Waals surface area contributed by atoms with E-state index in [1.165, 1.54) is 45.1 Å². The number of aryl methyl sites for hydroxylation is 2. The average Bonchev–Trinajstić information content (AvgIpc) is 3.63. The molecule has 0 fully saturated rings. The lowest BCUT2D eigenvalue weighted by Gasteiger charge is -2.22. The normalized spacial score (nSPS) is 11.8. The Kier molecular flexibility index (Phi) is 17.8. The van der Waals surface area contributed by atoms with Crippen LogP contribution >= 0.6 is 21.6 Å². The molecule has 4 aromatic rings. The smallest absolute Gasteiger partial charge is 0.169 e. The Bertz CT molecular complexity index is 1580. The molecule has 0 aliphatic carbocycles. The summed E-state index contributed by atoms with van der Waals surface area (Å²) in [4.78, 5) is 9.68. The number of benzene rings is 2. The van der Waals surface area contributed by atoms with Crippen molar-refractivity contribution in [3.63, 3.8) is 0 Å². The van der Waals surface area contributed by atoms with Gasteiger partial charge in [0.25, 0.3) is 0 Å². The summed E-state index contributed by atoms with van der Waals surface area (Å²) in [5.74, 6) is 2.34. The van der Waals surface area contributed by atoms with Gasteiger partial charge < -0.3 is 24.2 Å². The van der Waals surface area contributed by atoms with Crippen LogP contribution in [0.3, 0.4) is 0 Å². The van der Waals surface area contributed by atoms with Gasteiger partial charge in [-0.25, -0.2) is 4.57 Å². The van der Waals surface area contributed by atoms with E-state index in [1.807, 2.05) is 21.6 Å². The number of hydrogen-bond donors (Lipinski definition) is 0. The van der Waals surface area contributed by atoms with Crippen molar-refractivity contribution >= 4 is 57.3 Å². The van der Waals surface area contributed by atoms with Crippen LogP contribution in [0, 0.1) is 0 Å². The molecule has 2 heterocycles. The van der Waals surface area contributed by atoms with Crippen LogP contribution in [-0.4, -0.2) is 93.3 Å². The molecule has 8 heteroatoms. The van der Waals surface area contributed by atoms with Crippen LogP contribution in [0.4, 0.5) is 11.4 Å². The maximum atomic E-state index is 2.47. The maximum Gasteiger partial charge on any atom is 0.169 e. The van der Waals surface area contributed by atoms with Crippen molar-refractivity contribution in [2.45, 2.75) is 39.8 Å². The summed E-state index contributed by atoms with van der Waals surface area (Å²) < 4.78 is 4.37. The molecule has 0 radical (unpaired) electrons. The first-order valence-corrected chi connectivity index (χ1v) is 21.1. The van der Waals surface area contributed by atoms with Crippen molar-refractivity contribution in [3.05, 3.63) is 114 Å². The number of nitrogens with zero attached hydrogens (tertiary/aromatic N) is 6. The van der Waals surface area contributed by atoms with Crippen molar-refractivity contribution in [1.29, 1.82) is 0 Å². The number of hydrogen-bond acceptors (Lipinski definition) is 6. The van der Waals surface area contributed by atoms with Crippen molar-refractivity contribution in [2.24, 2.45) is 0 Å². The molecule has 0 N–H and O–H groups in total. The van der Waals surface area contributed by atoms with Crippen molar-refractivity contribution < 1.29 is 4.57 Å². The third kappa shape index (κ3) is 15.0. The summed E-state index contributed by atoms with van der Waals surface area (Å²) >= 11 is 0. The van der Waals surface area contributed by atoms with E-state index < -0.39 is 0 Å². The Morgan fingerprint density at radius 2 is 1.00 bits per heavy atom. The van der Waals surface area contributed by atoms with Crippen LogP contribution in [0.2, 0.25) is 0 Å². The first kappa shape index (κ1) is 40.3. The molecule has 51 heavy (non-hydrogen) atoms. The van der Waals surface area contributed by atoms with E-state index >= 15 is 0 Å². The van der Waals surface area contributed by atoms with Crippen molar-refractivity contribution in [2.75, 3.05) is 88.8 Å². The average molecular weight is 726 g/mol. The first-order chi connectivity index (χ1) is 24.8. The summed E-state index contributed by atoms with van der Waals surface area (Å²) in [5, 5.41) is 0. The van der Waals surface area contributed by atoms with Gasteiger partial charge in [0.15, 0.2) is 12.4 Å².